The van der Waals surface area contributed by atoms with Crippen LogP contribution in [0.1, 0.15) is 28.8 Å². The third-order valence-electron chi connectivity index (χ3n) is 5.65. The van der Waals surface area contributed by atoms with Crippen LogP contribution in [0.15, 0.2) is 71.2 Å². The first-order valence-electron chi connectivity index (χ1n) is 10.9. The number of hydrogen-bond acceptors (Lipinski definition) is 6. The van der Waals surface area contributed by atoms with Crippen LogP contribution in [0.4, 0.5) is 0 Å². The van der Waals surface area contributed by atoms with Crippen molar-refractivity contribution in [2.24, 2.45) is 0 Å². The lowest BCUT2D eigenvalue weighted by Crippen LogP contribution is -2.39. The number of nitrogens with one attached hydrogen (secondary N) is 2. The number of aliphatic hydroxyl groups is 1. The molecule has 2 heterocycles. The summed E-state index contributed by atoms with van der Waals surface area (Å²) in [5.41, 5.74) is 2.69. The highest BCUT2D eigenvalue weighted by molar-refractivity contribution is 6.00. The number of aromatic nitrogens is 1. The molecule has 0 saturated heterocycles. The normalized spacial score (nSPS) is 12.6. The molecule has 35 heavy (non-hydrogen) atoms. The van der Waals surface area contributed by atoms with E-state index in [4.69, 9.17) is 10.4 Å². The number of carboxylic acids is 1. The Bertz CT molecular complexity index is 1400. The molecule has 0 radical (unpaired) electrons. The van der Waals surface area contributed by atoms with Gasteiger partial charge in [-0.15, -0.1) is 0 Å². The lowest BCUT2D eigenvalue weighted by Gasteiger charge is -2.32. The minimum atomic E-state index is -1.06. The zero-order chi connectivity index (χ0) is 24.9. The molecule has 0 unspecified atom stereocenters. The monoisotopic (exact) mass is 470 g/mol. The van der Waals surface area contributed by atoms with Gasteiger partial charge in [0, 0.05) is 29.9 Å². The van der Waals surface area contributed by atoms with Crippen LogP contribution in [0.3, 0.4) is 0 Å². The van der Waals surface area contributed by atoms with Gasteiger partial charge in [0.25, 0.3) is 11.5 Å². The van der Waals surface area contributed by atoms with E-state index in [2.05, 4.69) is 10.3 Å². The van der Waals surface area contributed by atoms with Gasteiger partial charge in [-0.1, -0.05) is 42.5 Å². The van der Waals surface area contributed by atoms with Crippen LogP contribution in [0.25, 0.3) is 16.9 Å². The Balaban J connectivity index is 1.75. The molecule has 0 saturated carbocycles. The van der Waals surface area contributed by atoms with Gasteiger partial charge >= 0.3 is 5.97 Å². The van der Waals surface area contributed by atoms with Crippen molar-refractivity contribution in [3.8, 4) is 17.2 Å². The molecule has 2 aromatic carbocycles. The molecule has 0 fully saturated rings. The number of hydrogen-bond donors (Lipinski definition) is 4. The Morgan fingerprint density at radius 2 is 1.80 bits per heavy atom. The number of nitrogens with zero attached hydrogens (tertiary/aromatic N) is 2. The molecule has 1 aliphatic heterocycles. The smallest absolute Gasteiger partial charge is 0.305 e. The number of nitriles is 1. The Hall–Kier alpha value is -4.84. The van der Waals surface area contributed by atoms with E-state index in [0.29, 0.717) is 27.9 Å². The van der Waals surface area contributed by atoms with Gasteiger partial charge in [-0.05, 0) is 29.3 Å². The van der Waals surface area contributed by atoms with Crippen LogP contribution in [-0.4, -0.2) is 38.5 Å². The summed E-state index contributed by atoms with van der Waals surface area (Å²) in [5.74, 6) is -2.01. The highest BCUT2D eigenvalue weighted by Crippen LogP contribution is 2.32. The van der Waals surface area contributed by atoms with E-state index in [-0.39, 0.29) is 43.1 Å². The van der Waals surface area contributed by atoms with E-state index in [9.17, 15) is 19.5 Å². The predicted octanol–water partition coefficient (Wildman–Crippen LogP) is 2.75. The number of fused-ring (bicyclic) bond motifs is 1. The van der Waals surface area contributed by atoms with Gasteiger partial charge in [0.15, 0.2) is 5.76 Å². The number of carbonyl (C=O) groups excluding carboxylic acids is 1. The van der Waals surface area contributed by atoms with Gasteiger partial charge in [-0.25, -0.2) is 0 Å². The SMILES string of the molecule is N#Cc1ccc(CN2Cc3[nH]c(=O)c(-c4ccccc4)cc3C(O)=C2C(=O)NCCC(=O)O)cc1. The van der Waals surface area contributed by atoms with E-state index in [1.165, 1.54) is 0 Å². The van der Waals surface area contributed by atoms with Crippen LogP contribution < -0.4 is 10.9 Å². The number of aliphatic carboxylic acids is 1. The van der Waals surface area contributed by atoms with Gasteiger partial charge < -0.3 is 25.4 Å². The zero-order valence-corrected chi connectivity index (χ0v) is 18.6. The summed E-state index contributed by atoms with van der Waals surface area (Å²) in [4.78, 5) is 41.2. The number of H-pyrrole nitrogens is 1. The molecule has 1 aromatic heterocycles. The summed E-state index contributed by atoms with van der Waals surface area (Å²) in [7, 11) is 0. The van der Waals surface area contributed by atoms with E-state index >= 15 is 0 Å². The second-order valence-corrected chi connectivity index (χ2v) is 8.03. The maximum Gasteiger partial charge on any atom is 0.305 e. The van der Waals surface area contributed by atoms with E-state index in [1.54, 1.807) is 59.5 Å². The Morgan fingerprint density at radius 3 is 2.46 bits per heavy atom. The first-order valence-corrected chi connectivity index (χ1v) is 10.9. The number of benzene rings is 2. The fourth-order valence-electron chi connectivity index (χ4n) is 3.94. The van der Waals surface area contributed by atoms with Crippen molar-refractivity contribution in [3.63, 3.8) is 0 Å². The Kier molecular flexibility index (Phi) is 6.64. The second-order valence-electron chi connectivity index (χ2n) is 8.03. The Morgan fingerprint density at radius 1 is 1.09 bits per heavy atom. The van der Waals surface area contributed by atoms with Gasteiger partial charge in [0.05, 0.1) is 24.6 Å². The Labute approximate surface area is 200 Å². The van der Waals surface area contributed by atoms with Crippen molar-refractivity contribution < 1.29 is 19.8 Å². The van der Waals surface area contributed by atoms with Crippen molar-refractivity contribution >= 4 is 17.6 Å². The topological polar surface area (TPSA) is 147 Å². The highest BCUT2D eigenvalue weighted by Gasteiger charge is 2.31. The molecule has 3 aromatic rings. The first-order chi connectivity index (χ1) is 16.9. The van der Waals surface area contributed by atoms with Gasteiger partial charge in [-0.2, -0.15) is 5.26 Å². The zero-order valence-electron chi connectivity index (χ0n) is 18.6. The lowest BCUT2D eigenvalue weighted by molar-refractivity contribution is -0.136. The number of carboxylic acid groups (broad SMARTS) is 1. The van der Waals surface area contributed by atoms with Crippen LogP contribution in [0, 0.1) is 11.3 Å². The second kappa shape index (κ2) is 9.97. The molecule has 4 N–H and O–H groups in total. The average molecular weight is 470 g/mol. The lowest BCUT2D eigenvalue weighted by atomic mass is 9.98. The molecule has 0 bridgehead atoms. The molecule has 176 valence electrons. The molecule has 4 rings (SSSR count). The van der Waals surface area contributed by atoms with E-state index < -0.39 is 11.9 Å². The van der Waals surface area contributed by atoms with Crippen molar-refractivity contribution in [2.45, 2.75) is 19.5 Å². The third-order valence-corrected chi connectivity index (χ3v) is 5.65. The van der Waals surface area contributed by atoms with Crippen LogP contribution in [0.5, 0.6) is 0 Å². The van der Waals surface area contributed by atoms with E-state index in [0.717, 1.165) is 5.56 Å². The van der Waals surface area contributed by atoms with Crippen LogP contribution >= 0.6 is 0 Å². The van der Waals surface area contributed by atoms with Crippen molar-refractivity contribution in [3.05, 3.63) is 99.1 Å². The number of pyridine rings is 1. The van der Waals surface area contributed by atoms with Crippen LogP contribution in [0.2, 0.25) is 0 Å². The molecule has 1 aliphatic rings. The number of rotatable bonds is 7. The minimum absolute atomic E-state index is 0.0293. The standard InChI is InChI=1S/C26H22N4O5/c27-13-16-6-8-17(9-7-16)14-30-15-21-20(24(33)23(30)26(35)28-11-10-22(31)32)12-19(25(34)29-21)18-4-2-1-3-5-18/h1-9,12,33H,10-11,14-15H2,(H,28,35)(H,29,34)(H,31,32). The maximum atomic E-state index is 13.0. The molecule has 9 heteroatoms. The molecule has 0 atom stereocenters. The number of carbonyl (C=O) groups is 2. The molecule has 0 spiro atoms. The van der Waals surface area contributed by atoms with Gasteiger partial charge in [0.2, 0.25) is 0 Å². The third kappa shape index (κ3) is 5.07. The molecule has 0 aliphatic carbocycles. The number of aliphatic hydroxyl groups excluding tert-OH is 1. The number of amides is 1. The van der Waals surface area contributed by atoms with Crippen molar-refractivity contribution in [2.75, 3.05) is 6.54 Å². The number of aromatic amines is 1. The molecular weight excluding hydrogens is 448 g/mol. The summed E-state index contributed by atoms with van der Waals surface area (Å²) in [5, 5.41) is 31.7. The fourth-order valence-corrected chi connectivity index (χ4v) is 3.94. The van der Waals surface area contributed by atoms with E-state index in [1.807, 2.05) is 12.1 Å². The fraction of sp³-hybridized carbons (Fsp3) is 0.154. The summed E-state index contributed by atoms with van der Waals surface area (Å²) in [6.07, 6.45) is -0.266. The first kappa shape index (κ1) is 23.3. The summed E-state index contributed by atoms with van der Waals surface area (Å²) < 4.78 is 0. The average Bonchev–Trinajstić information content (AvgIpc) is 2.84. The minimum Gasteiger partial charge on any atom is -0.505 e. The summed E-state index contributed by atoms with van der Waals surface area (Å²) >= 11 is 0. The summed E-state index contributed by atoms with van der Waals surface area (Å²) in [6.45, 7) is 0.230. The van der Waals surface area contributed by atoms with Crippen molar-refractivity contribution in [1.29, 1.82) is 5.26 Å². The molecular formula is C26H22N4O5. The predicted molar refractivity (Wildman–Crippen MR) is 128 cm³/mol. The van der Waals surface area contributed by atoms with Gasteiger partial charge in [0.1, 0.15) is 5.70 Å². The quantitative estimate of drug-likeness (QED) is 0.415. The van der Waals surface area contributed by atoms with Crippen LogP contribution in [-0.2, 0) is 22.7 Å². The van der Waals surface area contributed by atoms with Gasteiger partial charge in [-0.3, -0.25) is 14.4 Å². The maximum absolute atomic E-state index is 13.0. The van der Waals surface area contributed by atoms with Crippen molar-refractivity contribution in [1.82, 2.24) is 15.2 Å². The molecule has 1 amide bonds. The highest BCUT2D eigenvalue weighted by atomic mass is 16.4. The summed E-state index contributed by atoms with van der Waals surface area (Å²) in [6, 6.07) is 19.4. The largest absolute Gasteiger partial charge is 0.505 e. The molecule has 9 nitrogen and oxygen atoms in total.